The molecule has 2 unspecified atom stereocenters. The molecule has 0 spiro atoms. The monoisotopic (exact) mass is 741 g/mol. The van der Waals surface area contributed by atoms with Crippen molar-refractivity contribution in [2.45, 2.75) is 65.2 Å². The van der Waals surface area contributed by atoms with Crippen LogP contribution < -0.4 is 29.7 Å². The average molecular weight is 742 g/mol. The molecule has 9 nitrogen and oxygen atoms in total. The molecule has 1 aliphatic heterocycles. The van der Waals surface area contributed by atoms with Gasteiger partial charge in [0.2, 0.25) is 5.91 Å². The Hall–Kier alpha value is -4.57. The predicted molar refractivity (Wildman–Crippen MR) is 210 cm³/mol. The van der Waals surface area contributed by atoms with Crippen LogP contribution in [0.5, 0.6) is 17.2 Å². The van der Waals surface area contributed by atoms with E-state index in [9.17, 15) is 9.59 Å². The summed E-state index contributed by atoms with van der Waals surface area (Å²) in [6, 6.07) is 29.1. The average Bonchev–Trinajstić information content (AvgIpc) is 3.25. The highest BCUT2D eigenvalue weighted by Crippen LogP contribution is 2.45. The van der Waals surface area contributed by atoms with Crippen LogP contribution in [0.4, 0.5) is 5.69 Å². The maximum Gasteiger partial charge on any atom is 0.256 e. The fourth-order valence-electron chi connectivity index (χ4n) is 6.50. The molecule has 53 heavy (non-hydrogen) atoms. The van der Waals surface area contributed by atoms with E-state index >= 15 is 0 Å². The fourth-order valence-corrected chi connectivity index (χ4v) is 6.68. The van der Waals surface area contributed by atoms with Gasteiger partial charge in [0, 0.05) is 40.5 Å². The zero-order chi connectivity index (χ0) is 37.8. The van der Waals surface area contributed by atoms with Crippen LogP contribution in [0.3, 0.4) is 0 Å². The molecule has 0 aliphatic carbocycles. The second-order valence-electron chi connectivity index (χ2n) is 14.4. The van der Waals surface area contributed by atoms with Crippen LogP contribution in [0.1, 0.15) is 68.4 Å². The first-order chi connectivity index (χ1) is 25.6. The molecule has 0 saturated heterocycles. The number of hydrogen-bond acceptors (Lipinski definition) is 7. The van der Waals surface area contributed by atoms with Gasteiger partial charge in [0.15, 0.2) is 11.5 Å². The zero-order valence-corrected chi connectivity index (χ0v) is 32.2. The molecular formula is C43H52ClN3O6. The SMILES string of the molecule is COc1ccccc1CNC(=O)CC1OC(c2cccc(OCCCNCCCc3ccccc3)c2OC)c2cc(Cl)ccc2N(CC(C)(C)C)C1=O. The van der Waals surface area contributed by atoms with E-state index in [-0.39, 0.29) is 30.2 Å². The Morgan fingerprint density at radius 3 is 2.36 bits per heavy atom. The molecule has 10 heteroatoms. The number of anilines is 1. The van der Waals surface area contributed by atoms with Crippen molar-refractivity contribution in [3.05, 3.63) is 118 Å². The Bertz CT molecular complexity index is 1810. The van der Waals surface area contributed by atoms with E-state index in [1.807, 2.05) is 60.7 Å². The van der Waals surface area contributed by atoms with Crippen molar-refractivity contribution in [1.82, 2.24) is 10.6 Å². The molecular weight excluding hydrogens is 690 g/mol. The summed E-state index contributed by atoms with van der Waals surface area (Å²) in [5, 5.41) is 6.96. The number of nitrogens with zero attached hydrogens (tertiary/aromatic N) is 1. The van der Waals surface area contributed by atoms with Crippen molar-refractivity contribution >= 4 is 29.1 Å². The number of carbonyl (C=O) groups is 2. The molecule has 2 atom stereocenters. The summed E-state index contributed by atoms with van der Waals surface area (Å²) in [5.74, 6) is 1.10. The highest BCUT2D eigenvalue weighted by atomic mass is 35.5. The first-order valence-corrected chi connectivity index (χ1v) is 18.6. The zero-order valence-electron chi connectivity index (χ0n) is 31.5. The number of rotatable bonds is 17. The van der Waals surface area contributed by atoms with Gasteiger partial charge in [0.05, 0.1) is 27.2 Å². The van der Waals surface area contributed by atoms with E-state index in [4.69, 9.17) is 30.5 Å². The fraction of sp³-hybridized carbons (Fsp3) is 0.395. The summed E-state index contributed by atoms with van der Waals surface area (Å²) < 4.78 is 24.4. The molecule has 282 valence electrons. The van der Waals surface area contributed by atoms with Crippen LogP contribution in [0.2, 0.25) is 5.02 Å². The molecule has 5 rings (SSSR count). The van der Waals surface area contributed by atoms with Crippen LogP contribution in [0, 0.1) is 5.41 Å². The third kappa shape index (κ3) is 11.0. The molecule has 0 bridgehead atoms. The van der Waals surface area contributed by atoms with E-state index in [1.165, 1.54) is 5.56 Å². The lowest BCUT2D eigenvalue weighted by atomic mass is 9.94. The van der Waals surface area contributed by atoms with Gasteiger partial charge >= 0.3 is 0 Å². The van der Waals surface area contributed by atoms with Crippen molar-refractivity contribution in [3.8, 4) is 17.2 Å². The van der Waals surface area contributed by atoms with Crippen molar-refractivity contribution in [2.75, 3.05) is 45.4 Å². The topological polar surface area (TPSA) is 98.4 Å². The first-order valence-electron chi connectivity index (χ1n) is 18.3. The van der Waals surface area contributed by atoms with Gasteiger partial charge in [-0.2, -0.15) is 0 Å². The molecule has 1 aliphatic rings. The number of hydrogen-bond donors (Lipinski definition) is 2. The standard InChI is InChI=1S/C43H52ClN3O6/c1-43(2,3)29-47-35-22-21-32(44)26-34(35)40(53-38(42(47)49)27-39(48)46-28-31-17-9-10-19-36(31)50-4)33-18-11-20-37(41(33)51-5)52-25-13-24-45-23-12-16-30-14-7-6-8-15-30/h6-11,14-15,17-22,26,38,40,45H,12-13,16,23-25,27-29H2,1-5H3,(H,46,48). The third-order valence-corrected chi connectivity index (χ3v) is 9.22. The summed E-state index contributed by atoms with van der Waals surface area (Å²) in [4.78, 5) is 29.7. The van der Waals surface area contributed by atoms with E-state index in [0.717, 1.165) is 37.9 Å². The molecule has 1 heterocycles. The van der Waals surface area contributed by atoms with Gasteiger partial charge < -0.3 is 34.5 Å². The lowest BCUT2D eigenvalue weighted by Crippen LogP contribution is -2.45. The second kappa shape index (κ2) is 19.0. The van der Waals surface area contributed by atoms with Gasteiger partial charge in [-0.3, -0.25) is 9.59 Å². The van der Waals surface area contributed by atoms with Gasteiger partial charge in [0.25, 0.3) is 5.91 Å². The number of para-hydroxylation sites is 2. The van der Waals surface area contributed by atoms with Gasteiger partial charge in [0.1, 0.15) is 18.0 Å². The predicted octanol–water partition coefficient (Wildman–Crippen LogP) is 7.92. The summed E-state index contributed by atoms with van der Waals surface area (Å²) >= 11 is 6.62. The maximum atomic E-state index is 14.4. The minimum Gasteiger partial charge on any atom is -0.496 e. The van der Waals surface area contributed by atoms with Crippen LogP contribution in [0.25, 0.3) is 0 Å². The minimum absolute atomic E-state index is 0.191. The lowest BCUT2D eigenvalue weighted by molar-refractivity contribution is -0.138. The quantitative estimate of drug-likeness (QED) is 0.106. The molecule has 2 amide bonds. The van der Waals surface area contributed by atoms with Gasteiger partial charge in [-0.05, 0) is 73.7 Å². The van der Waals surface area contributed by atoms with Crippen molar-refractivity contribution in [3.63, 3.8) is 0 Å². The number of benzene rings is 4. The summed E-state index contributed by atoms with van der Waals surface area (Å²) in [5.41, 5.74) is 3.94. The number of ether oxygens (including phenoxy) is 4. The Morgan fingerprint density at radius 2 is 1.60 bits per heavy atom. The second-order valence-corrected chi connectivity index (χ2v) is 14.8. The molecule has 4 aromatic rings. The first kappa shape index (κ1) is 39.6. The van der Waals surface area contributed by atoms with Gasteiger partial charge in [-0.15, -0.1) is 0 Å². The Morgan fingerprint density at radius 1 is 0.868 bits per heavy atom. The smallest absolute Gasteiger partial charge is 0.256 e. The number of nitrogens with one attached hydrogen (secondary N) is 2. The Kier molecular flexibility index (Phi) is 14.2. The highest BCUT2D eigenvalue weighted by Gasteiger charge is 2.40. The maximum absolute atomic E-state index is 14.4. The highest BCUT2D eigenvalue weighted by molar-refractivity contribution is 6.30. The van der Waals surface area contributed by atoms with Gasteiger partial charge in [-0.1, -0.05) is 93.0 Å². The normalized spacial score (nSPS) is 15.7. The van der Waals surface area contributed by atoms with Crippen molar-refractivity contribution in [1.29, 1.82) is 0 Å². The number of amides is 2. The summed E-state index contributed by atoms with van der Waals surface area (Å²) in [6.07, 6.45) is 0.819. The van der Waals surface area contributed by atoms with E-state index in [0.29, 0.717) is 52.2 Å². The largest absolute Gasteiger partial charge is 0.496 e. The van der Waals surface area contributed by atoms with E-state index in [2.05, 4.69) is 55.7 Å². The van der Waals surface area contributed by atoms with E-state index in [1.54, 1.807) is 25.2 Å². The van der Waals surface area contributed by atoms with Crippen molar-refractivity contribution in [2.24, 2.45) is 5.41 Å². The summed E-state index contributed by atoms with van der Waals surface area (Å²) in [6.45, 7) is 9.07. The number of fused-ring (bicyclic) bond motifs is 1. The van der Waals surface area contributed by atoms with Gasteiger partial charge in [-0.25, -0.2) is 0 Å². The van der Waals surface area contributed by atoms with Crippen LogP contribution >= 0.6 is 11.6 Å². The van der Waals surface area contributed by atoms with Crippen LogP contribution in [-0.4, -0.2) is 58.4 Å². The number of carbonyl (C=O) groups excluding carboxylic acids is 2. The third-order valence-electron chi connectivity index (χ3n) is 8.99. The molecule has 0 saturated carbocycles. The molecule has 4 aromatic carbocycles. The lowest BCUT2D eigenvalue weighted by Gasteiger charge is -2.31. The van der Waals surface area contributed by atoms with Crippen LogP contribution in [-0.2, 0) is 27.3 Å². The molecule has 2 N–H and O–H groups in total. The van der Waals surface area contributed by atoms with E-state index < -0.39 is 12.2 Å². The molecule has 0 radical (unpaired) electrons. The minimum atomic E-state index is -1.10. The molecule has 0 fully saturated rings. The number of halogens is 1. The summed E-state index contributed by atoms with van der Waals surface area (Å²) in [7, 11) is 3.18. The van der Waals surface area contributed by atoms with Crippen molar-refractivity contribution < 1.29 is 28.5 Å². The van der Waals surface area contributed by atoms with Crippen LogP contribution in [0.15, 0.2) is 91.0 Å². The molecule has 0 aromatic heterocycles. The number of aryl methyl sites for hydroxylation is 1. The Balaban J connectivity index is 1.35. The number of methoxy groups -OCH3 is 2. The Labute approximate surface area is 318 Å².